The molecule has 700 valence electrons. The van der Waals surface area contributed by atoms with E-state index < -0.39 is 241 Å². The summed E-state index contributed by atoms with van der Waals surface area (Å²) in [4.78, 5) is 157. The first-order chi connectivity index (χ1) is 58.7. The summed E-state index contributed by atoms with van der Waals surface area (Å²) in [6.07, 6.45) is 16.6. The maximum atomic E-state index is 17.4. The second-order valence-electron chi connectivity index (χ2n) is 41.8. The molecule has 129 heavy (non-hydrogen) atoms. The molecule has 12 fully saturated rings. The number of carbonyl (C=O) groups is 11. The second kappa shape index (κ2) is 35.3. The smallest absolute Gasteiger partial charge is 0.790 e. The predicted molar refractivity (Wildman–Crippen MR) is 444 cm³/mol. The number of rotatable bonds is 15. The summed E-state index contributed by atoms with van der Waals surface area (Å²) in [5.74, 6) is -11.3. The molecule has 33 heteroatoms. The number of ether oxygens (including phenoxy) is 3. The molecule has 16 rings (SSSR count). The van der Waals surface area contributed by atoms with Gasteiger partial charge in [-0.05, 0) is 220 Å². The van der Waals surface area contributed by atoms with Crippen molar-refractivity contribution < 1.29 is 203 Å². The molecule has 16 aliphatic rings. The van der Waals surface area contributed by atoms with Crippen LogP contribution in [0, 0.1) is 114 Å². The van der Waals surface area contributed by atoms with Crippen LogP contribution < -0.4 is 68.9 Å². The van der Waals surface area contributed by atoms with E-state index in [0.717, 1.165) is 0 Å². The van der Waals surface area contributed by atoms with Crippen molar-refractivity contribution in [1.29, 1.82) is 0 Å². The molecule has 0 bridgehead atoms. The average Bonchev–Trinajstić information content (AvgIpc) is 1.59. The van der Waals surface area contributed by atoms with Crippen molar-refractivity contribution in [2.24, 2.45) is 114 Å². The first-order valence-corrected chi connectivity index (χ1v) is 46.5. The largest absolute Gasteiger partial charge is 1.00 e. The molecular formula is C96H125F4Na2O26P. The number of esters is 3. The average molecular weight is 1850 g/mol. The van der Waals surface area contributed by atoms with Crippen LogP contribution >= 0.6 is 7.82 Å². The zero-order valence-electron chi connectivity index (χ0n) is 77.1. The number of aliphatic hydroxyl groups is 8. The van der Waals surface area contributed by atoms with Crippen molar-refractivity contribution in [2.75, 3.05) is 26.4 Å². The number of ketones is 8. The number of hydrogen-bond acceptors (Lipinski definition) is 26. The Labute approximate surface area is 794 Å². The molecule has 0 aromatic rings. The number of fused-ring (bicyclic) bond motifs is 20. The van der Waals surface area contributed by atoms with Gasteiger partial charge in [-0.25, -0.2) is 17.6 Å². The standard InChI is InChI=1S/C28H37FO7.C24H31FO6.C22H30FO8P.C22H29FO5.2Na/c1-6-23(33)35-15-22(32)28(36-24(34)7-2)16(3)12-20-19-9-8-17-13-18(30)10-11-25(17,4)27(19,29)21(31)14-26(20,28)5;1-13-9-18-17-6-5-15-10-16(27)7-8-21(15,3)23(17,25)19(28)11-22(18,4)24(13,30)20(29)12-31-14(2)26;1-12-8-16-15-5-4-13-9-14(24)6-7-19(13,2)21(15,23)17(25)10-20(16,3)22(12,27)18(26)11-31-32(28,29)30;1-12-8-16-15-5-4-13-9-14(25)6-7-19(13,2)21(15,23)17(26)10-20(16,3)22(12,28)18(27)11-24;;/h10-11,13,16,19-21,31H,6-9,12,14-15H2,1-5H3;7-8,10,13,17-19,28,30H,5-6,9,11-12H2,1-4H3;6-7,9,12,15-17,25,27H,4-5,8,10-11H2,1-3H3,(H2,28,29,30);6-7,9,12,15-17,24,26,28H,4-5,8,10-11H2,1-3H3;;/q;;;;2*+1/p-2/t16-,19-,20-,21-,25-,26-,27-,28-;13-,17-,18-,19-,21-,22-,23-,24-;2*12-,15-,16-,17-,19-,20-,21-,22-;;/m0000../s1. The number of alkyl halides is 4. The summed E-state index contributed by atoms with van der Waals surface area (Å²) in [7, 11) is -5.43. The predicted octanol–water partition coefficient (Wildman–Crippen LogP) is 2.94. The Morgan fingerprint density at radius 2 is 0.690 bits per heavy atom. The van der Waals surface area contributed by atoms with Crippen LogP contribution in [0.5, 0.6) is 0 Å². The fourth-order valence-electron chi connectivity index (χ4n) is 30.1. The zero-order chi connectivity index (χ0) is 94.3. The number of Topliss-reactive ketones (excluding diaryl/α,β-unsaturated/α-hetero) is 4. The van der Waals surface area contributed by atoms with E-state index in [1.807, 2.05) is 6.92 Å². The van der Waals surface area contributed by atoms with Crippen LogP contribution in [0.15, 0.2) is 95.2 Å². The normalized spacial score (nSPS) is 47.0. The number of hydrogen-bond donors (Lipinski definition) is 8. The van der Waals surface area contributed by atoms with E-state index in [4.69, 9.17) is 14.2 Å². The molecule has 26 nitrogen and oxygen atoms in total. The maximum Gasteiger partial charge on any atom is 1.00 e. The topological polar surface area (TPSA) is 450 Å². The van der Waals surface area contributed by atoms with Gasteiger partial charge in [-0.1, -0.05) is 116 Å². The van der Waals surface area contributed by atoms with Gasteiger partial charge >= 0.3 is 77.0 Å². The van der Waals surface area contributed by atoms with Crippen molar-refractivity contribution in [3.63, 3.8) is 0 Å². The summed E-state index contributed by atoms with van der Waals surface area (Å²) < 4.78 is 99.2. The van der Waals surface area contributed by atoms with Crippen LogP contribution in [0.4, 0.5) is 17.6 Å². The molecule has 0 amide bonds. The van der Waals surface area contributed by atoms with E-state index in [9.17, 15) is 108 Å². The van der Waals surface area contributed by atoms with Crippen molar-refractivity contribution >= 4 is 72.0 Å². The Morgan fingerprint density at radius 1 is 0.419 bits per heavy atom. The minimum absolute atomic E-state index is 0. The van der Waals surface area contributed by atoms with Crippen molar-refractivity contribution in [3.8, 4) is 0 Å². The van der Waals surface area contributed by atoms with E-state index >= 15 is 17.6 Å². The van der Waals surface area contributed by atoms with Gasteiger partial charge < -0.3 is 73.9 Å². The third-order valence-corrected chi connectivity index (χ3v) is 37.1. The van der Waals surface area contributed by atoms with Crippen molar-refractivity contribution in [2.45, 2.75) is 289 Å². The molecule has 16 aliphatic carbocycles. The SMILES string of the molecule is CC(=O)OCC(=O)[C@@]1(O)[C@@H](C)C[C@H]2[C@@H]3CCC4=CC(=O)C=C[C@]4(C)[C@@]3(F)[C@@H](O)C[C@@]21C.CCC(=O)OCC(=O)[C@@]1(OC(=O)CC)[C@@H](C)C[C@H]2[C@@H]3CCC4=CC(=O)C=C[C@]4(C)[C@@]3(F)[C@@H](O)C[C@@]21C.C[C@H]1C[C@H]2[C@@H]3CCC4=CC(=O)C=C[C@]4(C)[C@@]3(F)[C@@H](O)C[C@]2(C)[C@@]1(O)C(=O)CO.C[C@H]1C[C@H]2[C@@H]3CCC4=CC(=O)C=C[C@]4(C)[C@@]3(F)[C@@H](O)C[C@]2(C)[C@@]1(O)C(=O)COP(=O)([O-])[O-].[Na+].[Na+]. The van der Waals surface area contributed by atoms with Gasteiger partial charge in [-0.15, -0.1) is 0 Å². The quantitative estimate of drug-likeness (QED) is 0.0384. The van der Waals surface area contributed by atoms with E-state index in [-0.39, 0.29) is 145 Å². The second-order valence-corrected chi connectivity index (χ2v) is 43.0. The molecule has 0 radical (unpaired) electrons. The van der Waals surface area contributed by atoms with Crippen LogP contribution in [0.3, 0.4) is 0 Å². The summed E-state index contributed by atoms with van der Waals surface area (Å²) >= 11 is 0. The van der Waals surface area contributed by atoms with Gasteiger partial charge in [-0.3, -0.25) is 52.7 Å². The molecule has 0 heterocycles. The van der Waals surface area contributed by atoms with Gasteiger partial charge in [0.05, 0.1) is 32.2 Å². The third-order valence-electron chi connectivity index (χ3n) is 36.7. The minimum Gasteiger partial charge on any atom is -0.790 e. The fraction of sp³-hybridized carbons (Fsp3) is 0.719. The molecule has 0 aromatic heterocycles. The van der Waals surface area contributed by atoms with Gasteiger partial charge in [0.15, 0.2) is 76.2 Å². The zero-order valence-corrected chi connectivity index (χ0v) is 82.0. The summed E-state index contributed by atoms with van der Waals surface area (Å²) in [5.41, 5.74) is -21.8. The maximum absolute atomic E-state index is 17.4. The van der Waals surface area contributed by atoms with Gasteiger partial charge in [0, 0.05) is 92.7 Å². The van der Waals surface area contributed by atoms with E-state index in [1.54, 1.807) is 108 Å². The number of aliphatic hydroxyl groups excluding tert-OH is 5. The van der Waals surface area contributed by atoms with Gasteiger partial charge in [0.2, 0.25) is 11.6 Å². The van der Waals surface area contributed by atoms with Crippen LogP contribution in [-0.2, 0) is 76.0 Å². The van der Waals surface area contributed by atoms with Crippen LogP contribution in [0.25, 0.3) is 0 Å². The molecule has 12 saturated carbocycles. The van der Waals surface area contributed by atoms with Gasteiger partial charge in [0.1, 0.15) is 30.0 Å². The Bertz CT molecular complexity index is 4940. The van der Waals surface area contributed by atoms with Crippen molar-refractivity contribution in [3.05, 3.63) is 95.2 Å². The monoisotopic (exact) mass is 1850 g/mol. The third kappa shape index (κ3) is 14.8. The molecule has 0 aliphatic heterocycles. The minimum atomic E-state index is -5.43. The van der Waals surface area contributed by atoms with Crippen LogP contribution in [-0.4, -0.2) is 201 Å². The van der Waals surface area contributed by atoms with Gasteiger partial charge in [-0.2, -0.15) is 0 Å². The summed E-state index contributed by atoms with van der Waals surface area (Å²) in [6, 6.07) is 0. The number of carbonyl (C=O) groups excluding carboxylic acids is 11. The van der Waals surface area contributed by atoms with Crippen LogP contribution in [0.1, 0.15) is 219 Å². The van der Waals surface area contributed by atoms with E-state index in [2.05, 4.69) is 4.52 Å². The number of halogens is 4. The first kappa shape index (κ1) is 105. The molecule has 0 saturated heterocycles. The molecule has 0 unspecified atom stereocenters. The molecule has 32 atom stereocenters. The fourth-order valence-corrected chi connectivity index (χ4v) is 30.3. The molecule has 0 spiro atoms. The molecule has 0 aromatic carbocycles. The van der Waals surface area contributed by atoms with Gasteiger partial charge in [0.25, 0.3) is 0 Å². The van der Waals surface area contributed by atoms with E-state index in [0.29, 0.717) is 92.9 Å². The molecule has 8 N–H and O–H groups in total. The Kier molecular flexibility index (Phi) is 28.7. The number of phosphoric ester groups is 1. The van der Waals surface area contributed by atoms with Crippen molar-refractivity contribution in [1.82, 2.24) is 0 Å². The molecular weight excluding hydrogens is 1720 g/mol. The van der Waals surface area contributed by atoms with Crippen LogP contribution in [0.2, 0.25) is 0 Å². The summed E-state index contributed by atoms with van der Waals surface area (Å²) in [5, 5.41) is 89.2. The summed E-state index contributed by atoms with van der Waals surface area (Å²) in [6.45, 7) is 22.2. The van der Waals surface area contributed by atoms with E-state index in [1.165, 1.54) is 61.6 Å². The number of allylic oxidation sites excluding steroid dienone is 16. The Hall–Kier alpha value is -4.80. The first-order valence-electron chi connectivity index (χ1n) is 45.0. The Balaban J connectivity index is 0.000000166. The number of phosphoric acid groups is 1. The Morgan fingerprint density at radius 3 is 0.977 bits per heavy atom.